The van der Waals surface area contributed by atoms with Gasteiger partial charge in [0.1, 0.15) is 5.82 Å². The van der Waals surface area contributed by atoms with Crippen molar-refractivity contribution in [2.75, 3.05) is 5.43 Å². The van der Waals surface area contributed by atoms with Crippen LogP contribution in [0.25, 0.3) is 11.1 Å². The summed E-state index contributed by atoms with van der Waals surface area (Å²) < 4.78 is 12.7. The predicted molar refractivity (Wildman–Crippen MR) is 55.2 cm³/mol. The second-order valence-corrected chi connectivity index (χ2v) is 2.95. The van der Waals surface area contributed by atoms with Crippen LogP contribution < -0.4 is 11.3 Å². The van der Waals surface area contributed by atoms with Gasteiger partial charge in [0.2, 0.25) is 5.95 Å². The van der Waals surface area contributed by atoms with Gasteiger partial charge in [-0.25, -0.2) is 20.2 Å². The van der Waals surface area contributed by atoms with Gasteiger partial charge in [0.25, 0.3) is 0 Å². The number of hydrogen-bond donors (Lipinski definition) is 2. The smallest absolute Gasteiger partial charge is 0.237 e. The molecule has 76 valence electrons. The first kappa shape index (κ1) is 9.54. The van der Waals surface area contributed by atoms with Crippen molar-refractivity contribution in [3.63, 3.8) is 0 Å². The fourth-order valence-electron chi connectivity index (χ4n) is 1.19. The summed E-state index contributed by atoms with van der Waals surface area (Å²) in [5.41, 5.74) is 4.01. The molecule has 3 N–H and O–H groups in total. The van der Waals surface area contributed by atoms with Crippen molar-refractivity contribution >= 4 is 5.95 Å². The molecule has 0 aliphatic rings. The van der Waals surface area contributed by atoms with Crippen molar-refractivity contribution in [2.45, 2.75) is 0 Å². The number of anilines is 1. The molecule has 0 saturated carbocycles. The minimum Gasteiger partial charge on any atom is -0.292 e. The highest BCUT2D eigenvalue weighted by molar-refractivity contribution is 5.61. The van der Waals surface area contributed by atoms with E-state index >= 15 is 0 Å². The number of hydrazine groups is 1. The number of benzene rings is 1. The molecule has 1 aromatic heterocycles. The van der Waals surface area contributed by atoms with Gasteiger partial charge < -0.3 is 0 Å². The lowest BCUT2D eigenvalue weighted by Crippen LogP contribution is -2.09. The standard InChI is InChI=1S/C10H9FN4/c11-9-3-1-7(2-4-9)8-5-13-10(15-12)14-6-8/h1-6H,12H2,(H,13,14,15). The molecule has 4 nitrogen and oxygen atoms in total. The lowest BCUT2D eigenvalue weighted by Gasteiger charge is -2.01. The van der Waals surface area contributed by atoms with Gasteiger partial charge in [0.15, 0.2) is 0 Å². The molecule has 0 aliphatic carbocycles. The molecule has 0 saturated heterocycles. The van der Waals surface area contributed by atoms with Crippen LogP contribution in [-0.4, -0.2) is 9.97 Å². The van der Waals surface area contributed by atoms with Gasteiger partial charge in [0.05, 0.1) is 0 Å². The van der Waals surface area contributed by atoms with Crippen LogP contribution in [-0.2, 0) is 0 Å². The first-order valence-electron chi connectivity index (χ1n) is 4.34. The Hall–Kier alpha value is -2.01. The number of rotatable bonds is 2. The van der Waals surface area contributed by atoms with E-state index in [1.54, 1.807) is 24.5 Å². The molecule has 5 heteroatoms. The first-order valence-corrected chi connectivity index (χ1v) is 4.34. The summed E-state index contributed by atoms with van der Waals surface area (Å²) in [7, 11) is 0. The maximum atomic E-state index is 12.7. The van der Waals surface area contributed by atoms with Crippen molar-refractivity contribution in [1.82, 2.24) is 9.97 Å². The fraction of sp³-hybridized carbons (Fsp3) is 0. The number of nitrogens with zero attached hydrogens (tertiary/aromatic N) is 2. The zero-order valence-corrected chi connectivity index (χ0v) is 7.81. The largest absolute Gasteiger partial charge is 0.292 e. The highest BCUT2D eigenvalue weighted by Gasteiger charge is 1.99. The van der Waals surface area contributed by atoms with Crippen LogP contribution in [0.3, 0.4) is 0 Å². The molecule has 0 radical (unpaired) electrons. The van der Waals surface area contributed by atoms with Crippen LogP contribution in [0.5, 0.6) is 0 Å². The summed E-state index contributed by atoms with van der Waals surface area (Å²) in [5, 5.41) is 0. The minimum absolute atomic E-state index is 0.264. The molecule has 1 aromatic carbocycles. The Kier molecular flexibility index (Phi) is 2.55. The molecule has 0 unspecified atom stereocenters. The van der Waals surface area contributed by atoms with Crippen molar-refractivity contribution in [3.05, 3.63) is 42.5 Å². The fourth-order valence-corrected chi connectivity index (χ4v) is 1.19. The molecular weight excluding hydrogens is 195 g/mol. The Balaban J connectivity index is 2.33. The summed E-state index contributed by atoms with van der Waals surface area (Å²) in [5.74, 6) is 5.22. The lowest BCUT2D eigenvalue weighted by molar-refractivity contribution is 0.628. The van der Waals surface area contributed by atoms with Crippen LogP contribution in [0, 0.1) is 5.82 Å². The second kappa shape index (κ2) is 4.02. The van der Waals surface area contributed by atoms with E-state index in [4.69, 9.17) is 5.84 Å². The van der Waals surface area contributed by atoms with Crippen molar-refractivity contribution in [1.29, 1.82) is 0 Å². The zero-order valence-electron chi connectivity index (χ0n) is 7.81. The lowest BCUT2D eigenvalue weighted by atomic mass is 10.1. The second-order valence-electron chi connectivity index (χ2n) is 2.95. The van der Waals surface area contributed by atoms with Crippen molar-refractivity contribution < 1.29 is 4.39 Å². The van der Waals surface area contributed by atoms with Crippen LogP contribution in [0.2, 0.25) is 0 Å². The normalized spacial score (nSPS) is 10.0. The molecule has 0 amide bonds. The molecule has 0 aliphatic heterocycles. The molecule has 0 spiro atoms. The average Bonchev–Trinajstić information content (AvgIpc) is 2.30. The third-order valence-corrected chi connectivity index (χ3v) is 1.96. The zero-order chi connectivity index (χ0) is 10.7. The minimum atomic E-state index is -0.264. The van der Waals surface area contributed by atoms with Crippen LogP contribution in [0.15, 0.2) is 36.7 Å². The van der Waals surface area contributed by atoms with Gasteiger partial charge in [0, 0.05) is 18.0 Å². The number of nitrogens with one attached hydrogen (secondary N) is 1. The maximum Gasteiger partial charge on any atom is 0.237 e. The van der Waals surface area contributed by atoms with E-state index in [1.165, 1.54) is 12.1 Å². The third-order valence-electron chi connectivity index (χ3n) is 1.96. The van der Waals surface area contributed by atoms with Gasteiger partial charge >= 0.3 is 0 Å². The number of halogens is 1. The maximum absolute atomic E-state index is 12.7. The van der Waals surface area contributed by atoms with E-state index in [0.29, 0.717) is 5.95 Å². The topological polar surface area (TPSA) is 63.8 Å². The monoisotopic (exact) mass is 204 g/mol. The molecule has 2 aromatic rings. The highest BCUT2D eigenvalue weighted by atomic mass is 19.1. The van der Waals surface area contributed by atoms with Gasteiger partial charge in [-0.2, -0.15) is 0 Å². The van der Waals surface area contributed by atoms with Crippen molar-refractivity contribution in [2.24, 2.45) is 5.84 Å². The molecule has 0 fully saturated rings. The number of aromatic nitrogens is 2. The number of nitrogen functional groups attached to an aromatic ring is 1. The summed E-state index contributed by atoms with van der Waals surface area (Å²) >= 11 is 0. The van der Waals surface area contributed by atoms with E-state index in [0.717, 1.165) is 11.1 Å². The molecular formula is C10H9FN4. The van der Waals surface area contributed by atoms with E-state index in [2.05, 4.69) is 15.4 Å². The van der Waals surface area contributed by atoms with Gasteiger partial charge in [-0.05, 0) is 17.7 Å². The predicted octanol–water partition coefficient (Wildman–Crippen LogP) is 1.57. The highest BCUT2D eigenvalue weighted by Crippen LogP contribution is 2.17. The van der Waals surface area contributed by atoms with E-state index in [9.17, 15) is 4.39 Å². The SMILES string of the molecule is NNc1ncc(-c2ccc(F)cc2)cn1. The summed E-state index contributed by atoms with van der Waals surface area (Å²) in [6, 6.07) is 6.13. The Morgan fingerprint density at radius 3 is 2.13 bits per heavy atom. The Bertz CT molecular complexity index is 438. The van der Waals surface area contributed by atoms with Crippen molar-refractivity contribution in [3.8, 4) is 11.1 Å². The Morgan fingerprint density at radius 1 is 1.00 bits per heavy atom. The quantitative estimate of drug-likeness (QED) is 0.575. The molecule has 2 rings (SSSR count). The van der Waals surface area contributed by atoms with Crippen LogP contribution >= 0.6 is 0 Å². The molecule has 15 heavy (non-hydrogen) atoms. The Labute approximate surface area is 86.0 Å². The van der Waals surface area contributed by atoms with Gasteiger partial charge in [-0.15, -0.1) is 0 Å². The first-order chi connectivity index (χ1) is 7.29. The van der Waals surface area contributed by atoms with E-state index < -0.39 is 0 Å². The van der Waals surface area contributed by atoms with Crippen LogP contribution in [0.1, 0.15) is 0 Å². The average molecular weight is 204 g/mol. The van der Waals surface area contributed by atoms with Gasteiger partial charge in [-0.3, -0.25) is 5.43 Å². The molecule has 0 atom stereocenters. The van der Waals surface area contributed by atoms with Crippen LogP contribution in [0.4, 0.5) is 10.3 Å². The van der Waals surface area contributed by atoms with E-state index in [1.807, 2.05) is 0 Å². The molecule has 1 heterocycles. The number of nitrogens with two attached hydrogens (primary N) is 1. The van der Waals surface area contributed by atoms with E-state index in [-0.39, 0.29) is 5.82 Å². The summed E-state index contributed by atoms with van der Waals surface area (Å²) in [4.78, 5) is 7.91. The number of hydrogen-bond acceptors (Lipinski definition) is 4. The molecule has 0 bridgehead atoms. The third kappa shape index (κ3) is 2.08. The summed E-state index contributed by atoms with van der Waals surface area (Å²) in [6.07, 6.45) is 3.24. The Morgan fingerprint density at radius 2 is 1.60 bits per heavy atom. The summed E-state index contributed by atoms with van der Waals surface area (Å²) in [6.45, 7) is 0. The van der Waals surface area contributed by atoms with Gasteiger partial charge in [-0.1, -0.05) is 12.1 Å².